The number of carbonyl (C=O) groups is 2. The molecule has 0 unspecified atom stereocenters. The number of aromatic nitrogens is 2. The van der Waals surface area contributed by atoms with Crippen molar-refractivity contribution in [2.45, 2.75) is 6.92 Å². The largest absolute Gasteiger partial charge is 0.477 e. The van der Waals surface area contributed by atoms with E-state index in [-0.39, 0.29) is 17.0 Å². The number of aromatic amines is 1. The van der Waals surface area contributed by atoms with Crippen LogP contribution in [0, 0.1) is 6.92 Å². The molecule has 0 aliphatic heterocycles. The highest BCUT2D eigenvalue weighted by Gasteiger charge is 2.18. The Bertz CT molecular complexity index is 310. The van der Waals surface area contributed by atoms with Gasteiger partial charge in [0, 0.05) is 5.56 Å². The van der Waals surface area contributed by atoms with Crippen molar-refractivity contribution in [3.8, 4) is 0 Å². The lowest BCUT2D eigenvalue weighted by atomic mass is 10.2. The monoisotopic (exact) mass is 170 g/mol. The first-order valence-electron chi connectivity index (χ1n) is 3.05. The SMILES string of the molecule is Cc1c(C(=O)O)n[nH]c1C(=O)O. The number of carboxylic acid groups (broad SMARTS) is 2. The molecule has 1 heterocycles. The maximum Gasteiger partial charge on any atom is 0.356 e. The van der Waals surface area contributed by atoms with Crippen molar-refractivity contribution in [2.24, 2.45) is 0 Å². The fourth-order valence-electron chi connectivity index (χ4n) is 0.814. The Kier molecular flexibility index (Phi) is 1.82. The van der Waals surface area contributed by atoms with E-state index in [0.717, 1.165) is 0 Å². The van der Waals surface area contributed by atoms with Crippen molar-refractivity contribution in [2.75, 3.05) is 0 Å². The van der Waals surface area contributed by atoms with Crippen LogP contribution >= 0.6 is 0 Å². The molecule has 0 saturated heterocycles. The van der Waals surface area contributed by atoms with Gasteiger partial charge in [-0.05, 0) is 6.92 Å². The first-order valence-corrected chi connectivity index (χ1v) is 3.05. The van der Waals surface area contributed by atoms with Crippen molar-refractivity contribution in [3.63, 3.8) is 0 Å². The Morgan fingerprint density at radius 1 is 1.33 bits per heavy atom. The number of carboxylic acids is 2. The Balaban J connectivity index is 3.22. The quantitative estimate of drug-likeness (QED) is 0.584. The smallest absolute Gasteiger partial charge is 0.356 e. The van der Waals surface area contributed by atoms with Gasteiger partial charge in [0.2, 0.25) is 0 Å². The van der Waals surface area contributed by atoms with E-state index in [1.807, 2.05) is 0 Å². The average molecular weight is 170 g/mol. The van der Waals surface area contributed by atoms with E-state index in [1.54, 1.807) is 0 Å². The highest BCUT2D eigenvalue weighted by Crippen LogP contribution is 2.08. The summed E-state index contributed by atoms with van der Waals surface area (Å²) < 4.78 is 0. The van der Waals surface area contributed by atoms with Crippen molar-refractivity contribution in [1.29, 1.82) is 0 Å². The molecule has 0 saturated carbocycles. The summed E-state index contributed by atoms with van der Waals surface area (Å²) in [5.41, 5.74) is -0.310. The average Bonchev–Trinajstić information content (AvgIpc) is 2.30. The molecule has 1 rings (SSSR count). The summed E-state index contributed by atoms with van der Waals surface area (Å²) >= 11 is 0. The minimum absolute atomic E-state index is 0.134. The molecule has 12 heavy (non-hydrogen) atoms. The molecule has 6 nitrogen and oxygen atoms in total. The first-order chi connectivity index (χ1) is 5.54. The molecule has 0 amide bonds. The van der Waals surface area contributed by atoms with Gasteiger partial charge in [0.25, 0.3) is 0 Å². The molecule has 6 heteroatoms. The molecule has 64 valence electrons. The number of nitrogens with one attached hydrogen (secondary N) is 1. The zero-order valence-electron chi connectivity index (χ0n) is 6.16. The van der Waals surface area contributed by atoms with E-state index in [9.17, 15) is 9.59 Å². The molecule has 0 fully saturated rings. The van der Waals surface area contributed by atoms with Crippen molar-refractivity contribution in [1.82, 2.24) is 10.2 Å². The predicted octanol–water partition coefficient (Wildman–Crippen LogP) is 0.115. The fraction of sp³-hybridized carbons (Fsp3) is 0.167. The molecule has 3 N–H and O–H groups in total. The molecular formula is C6H6N2O4. The Hall–Kier alpha value is -1.85. The molecule has 1 aromatic heterocycles. The zero-order chi connectivity index (χ0) is 9.30. The Morgan fingerprint density at radius 2 is 1.92 bits per heavy atom. The molecule has 0 atom stereocenters. The van der Waals surface area contributed by atoms with Crippen LogP contribution in [0.15, 0.2) is 0 Å². The maximum absolute atomic E-state index is 10.4. The zero-order valence-corrected chi connectivity index (χ0v) is 6.16. The minimum Gasteiger partial charge on any atom is -0.477 e. The highest BCUT2D eigenvalue weighted by atomic mass is 16.4. The second kappa shape index (κ2) is 2.65. The summed E-state index contributed by atoms with van der Waals surface area (Å²) in [5.74, 6) is -2.45. The molecule has 0 radical (unpaired) electrons. The number of nitrogens with zero attached hydrogens (tertiary/aromatic N) is 1. The Labute approximate surface area is 66.8 Å². The second-order valence-corrected chi connectivity index (χ2v) is 2.18. The summed E-state index contributed by atoms with van der Waals surface area (Å²) in [6.07, 6.45) is 0. The highest BCUT2D eigenvalue weighted by molar-refractivity contribution is 5.93. The topological polar surface area (TPSA) is 103 Å². The van der Waals surface area contributed by atoms with Crippen molar-refractivity contribution in [3.05, 3.63) is 17.0 Å². The summed E-state index contributed by atoms with van der Waals surface area (Å²) in [7, 11) is 0. The predicted molar refractivity (Wildman–Crippen MR) is 37.2 cm³/mol. The van der Waals surface area contributed by atoms with E-state index < -0.39 is 11.9 Å². The first kappa shape index (κ1) is 8.25. The van der Waals surface area contributed by atoms with Crippen molar-refractivity contribution >= 4 is 11.9 Å². The van der Waals surface area contributed by atoms with Crippen LogP contribution in [0.4, 0.5) is 0 Å². The molecule has 0 aliphatic rings. The van der Waals surface area contributed by atoms with Crippen LogP contribution in [0.25, 0.3) is 0 Å². The standard InChI is InChI=1S/C6H6N2O4/c1-2-3(5(9)10)7-8-4(2)6(11)12/h1H3,(H,7,8)(H,9,10)(H,11,12). The minimum atomic E-state index is -1.24. The normalized spacial score (nSPS) is 9.75. The van der Waals surface area contributed by atoms with Crippen LogP contribution in [0.1, 0.15) is 26.5 Å². The van der Waals surface area contributed by atoms with Gasteiger partial charge in [0.05, 0.1) is 0 Å². The Morgan fingerprint density at radius 3 is 2.17 bits per heavy atom. The maximum atomic E-state index is 10.4. The number of hydrogen-bond acceptors (Lipinski definition) is 3. The van der Waals surface area contributed by atoms with Gasteiger partial charge in [-0.1, -0.05) is 0 Å². The number of H-pyrrole nitrogens is 1. The molecule has 0 aromatic carbocycles. The van der Waals surface area contributed by atoms with Crippen LogP contribution in [0.5, 0.6) is 0 Å². The molecule has 0 bridgehead atoms. The fourth-order valence-corrected chi connectivity index (χ4v) is 0.814. The summed E-state index contributed by atoms with van der Waals surface area (Å²) in [5, 5.41) is 22.4. The van der Waals surface area contributed by atoms with Gasteiger partial charge in [-0.15, -0.1) is 0 Å². The van der Waals surface area contributed by atoms with Gasteiger partial charge >= 0.3 is 11.9 Å². The van der Waals surface area contributed by atoms with E-state index in [1.165, 1.54) is 6.92 Å². The van der Waals surface area contributed by atoms with Gasteiger partial charge in [-0.2, -0.15) is 5.10 Å². The van der Waals surface area contributed by atoms with Gasteiger partial charge in [-0.3, -0.25) is 5.10 Å². The van der Waals surface area contributed by atoms with E-state index >= 15 is 0 Å². The van der Waals surface area contributed by atoms with E-state index in [4.69, 9.17) is 10.2 Å². The second-order valence-electron chi connectivity index (χ2n) is 2.18. The lowest BCUT2D eigenvalue weighted by Gasteiger charge is -1.89. The summed E-state index contributed by atoms with van der Waals surface area (Å²) in [4.78, 5) is 20.8. The van der Waals surface area contributed by atoms with Crippen LogP contribution in [0.2, 0.25) is 0 Å². The van der Waals surface area contributed by atoms with Gasteiger partial charge in [0.15, 0.2) is 5.69 Å². The molecular weight excluding hydrogens is 164 g/mol. The molecule has 1 aromatic rings. The molecule has 0 aliphatic carbocycles. The van der Waals surface area contributed by atoms with Crippen LogP contribution in [-0.4, -0.2) is 32.3 Å². The van der Waals surface area contributed by atoms with Crippen LogP contribution in [-0.2, 0) is 0 Å². The van der Waals surface area contributed by atoms with Gasteiger partial charge in [-0.25, -0.2) is 9.59 Å². The number of aromatic carboxylic acids is 2. The summed E-state index contributed by atoms with van der Waals surface area (Å²) in [6.45, 7) is 1.39. The third-order valence-corrected chi connectivity index (χ3v) is 1.43. The third-order valence-electron chi connectivity index (χ3n) is 1.43. The van der Waals surface area contributed by atoms with E-state index in [2.05, 4.69) is 10.2 Å². The van der Waals surface area contributed by atoms with Crippen molar-refractivity contribution < 1.29 is 19.8 Å². The third kappa shape index (κ3) is 1.14. The van der Waals surface area contributed by atoms with Gasteiger partial charge < -0.3 is 10.2 Å². The van der Waals surface area contributed by atoms with Crippen LogP contribution < -0.4 is 0 Å². The summed E-state index contributed by atoms with van der Waals surface area (Å²) in [6, 6.07) is 0. The molecule has 0 spiro atoms. The number of rotatable bonds is 2. The van der Waals surface area contributed by atoms with Gasteiger partial charge in [0.1, 0.15) is 5.69 Å². The lowest BCUT2D eigenvalue weighted by molar-refractivity contribution is 0.0683. The van der Waals surface area contributed by atoms with E-state index in [0.29, 0.717) is 0 Å². The lowest BCUT2D eigenvalue weighted by Crippen LogP contribution is -2.01. The number of hydrogen-bond donors (Lipinski definition) is 3. The van der Waals surface area contributed by atoms with Crippen LogP contribution in [0.3, 0.4) is 0 Å².